The number of hydrogen-bond donors (Lipinski definition) is 1. The second-order valence-corrected chi connectivity index (χ2v) is 10.8. The average Bonchev–Trinajstić information content (AvgIpc) is 3.62. The van der Waals surface area contributed by atoms with Crippen molar-refractivity contribution in [3.05, 3.63) is 118 Å². The number of carbonyl (C=O) groups is 1. The quantitative estimate of drug-likeness (QED) is 0.295. The highest BCUT2D eigenvalue weighted by atomic mass is 35.5. The van der Waals surface area contributed by atoms with E-state index in [0.717, 1.165) is 16.8 Å². The predicted octanol–water partition coefficient (Wildman–Crippen LogP) is 4.63. The molecule has 1 N–H and O–H groups in total. The monoisotopic (exact) mass is 569 g/mol. The largest absolute Gasteiger partial charge is 0.459 e. The molecule has 3 aromatic carbocycles. The molecule has 0 radical (unpaired) electrons. The van der Waals surface area contributed by atoms with Crippen molar-refractivity contribution in [3.63, 3.8) is 0 Å². The van der Waals surface area contributed by atoms with Crippen LogP contribution in [0.5, 0.6) is 0 Å². The van der Waals surface area contributed by atoms with Crippen LogP contribution >= 0.6 is 11.6 Å². The minimum absolute atomic E-state index is 0.240. The normalized spacial score (nSPS) is 15.8. The number of aryl methyl sites for hydroxylation is 1. The van der Waals surface area contributed by atoms with E-state index in [-0.39, 0.29) is 6.10 Å². The van der Waals surface area contributed by atoms with Gasteiger partial charge >= 0.3 is 5.97 Å². The first-order valence-corrected chi connectivity index (χ1v) is 13.5. The number of rotatable bonds is 6. The van der Waals surface area contributed by atoms with Gasteiger partial charge in [0.15, 0.2) is 5.60 Å². The van der Waals surface area contributed by atoms with Crippen molar-refractivity contribution < 1.29 is 14.6 Å². The maximum atomic E-state index is 12.6. The molecule has 11 heteroatoms. The summed E-state index contributed by atoms with van der Waals surface area (Å²) in [6, 6.07) is 19.8. The van der Waals surface area contributed by atoms with E-state index in [0.29, 0.717) is 33.4 Å². The number of fused-ring (bicyclic) bond motifs is 2. The summed E-state index contributed by atoms with van der Waals surface area (Å²) in [5, 5.41) is 25.7. The number of ether oxygens (including phenoxy) is 1. The van der Waals surface area contributed by atoms with Crippen molar-refractivity contribution in [2.24, 2.45) is 7.05 Å². The highest BCUT2D eigenvalue weighted by Crippen LogP contribution is 2.45. The number of nitrogens with zero attached hydrogens (tertiary/aromatic N) is 7. The van der Waals surface area contributed by atoms with Crippen LogP contribution in [0.25, 0.3) is 0 Å². The number of tetrazole rings is 1. The molecule has 6 rings (SSSR count). The predicted molar refractivity (Wildman–Crippen MR) is 153 cm³/mol. The topological polar surface area (TPSA) is 111 Å². The highest BCUT2D eigenvalue weighted by molar-refractivity contribution is 6.30. The molecule has 10 nitrogen and oxygen atoms in total. The lowest BCUT2D eigenvalue weighted by atomic mass is 9.81. The molecule has 2 unspecified atom stereocenters. The van der Waals surface area contributed by atoms with Gasteiger partial charge in [0, 0.05) is 30.4 Å². The molecule has 0 amide bonds. The van der Waals surface area contributed by atoms with E-state index in [9.17, 15) is 9.90 Å². The average molecular weight is 570 g/mol. The van der Waals surface area contributed by atoms with Crippen molar-refractivity contribution >= 4 is 29.2 Å². The Morgan fingerprint density at radius 2 is 1.80 bits per heavy atom. The maximum Gasteiger partial charge on any atom is 0.338 e. The van der Waals surface area contributed by atoms with Gasteiger partial charge in [0.1, 0.15) is 6.04 Å². The van der Waals surface area contributed by atoms with Crippen LogP contribution in [-0.4, -0.2) is 54.0 Å². The van der Waals surface area contributed by atoms with Crippen LogP contribution in [0.1, 0.15) is 58.2 Å². The molecule has 3 heterocycles. The van der Waals surface area contributed by atoms with Crippen LogP contribution in [-0.2, 0) is 17.4 Å². The Labute approximate surface area is 241 Å². The molecular formula is C30H28ClN7O3. The minimum atomic E-state index is -1.61. The number of benzene rings is 3. The molecule has 0 saturated heterocycles. The zero-order chi connectivity index (χ0) is 28.9. The maximum absolute atomic E-state index is 12.6. The molecule has 2 atom stereocenters. The lowest BCUT2D eigenvalue weighted by molar-refractivity contribution is 0.0377. The Morgan fingerprint density at radius 3 is 2.49 bits per heavy atom. The van der Waals surface area contributed by atoms with Gasteiger partial charge in [0.05, 0.1) is 29.9 Å². The van der Waals surface area contributed by atoms with Gasteiger partial charge in [-0.2, -0.15) is 4.68 Å². The smallest absolute Gasteiger partial charge is 0.338 e. The fraction of sp³-hybridized carbons (Fsp3) is 0.233. The lowest BCUT2D eigenvalue weighted by Crippen LogP contribution is -2.33. The summed E-state index contributed by atoms with van der Waals surface area (Å²) in [7, 11) is 3.73. The number of aromatic nitrogens is 6. The summed E-state index contributed by atoms with van der Waals surface area (Å²) >= 11 is 6.40. The van der Waals surface area contributed by atoms with Gasteiger partial charge in [-0.1, -0.05) is 47.0 Å². The van der Waals surface area contributed by atoms with Gasteiger partial charge < -0.3 is 19.3 Å². The second-order valence-electron chi connectivity index (χ2n) is 10.3. The summed E-state index contributed by atoms with van der Waals surface area (Å²) in [4.78, 5) is 18.7. The summed E-state index contributed by atoms with van der Waals surface area (Å²) < 4.78 is 8.87. The molecule has 0 spiro atoms. The summed E-state index contributed by atoms with van der Waals surface area (Å²) in [5.41, 5.74) is 3.18. The first-order valence-electron chi connectivity index (χ1n) is 13.1. The van der Waals surface area contributed by atoms with Crippen LogP contribution in [0.3, 0.4) is 0 Å². The number of hydrogen-bond acceptors (Lipinski definition) is 8. The number of halogens is 1. The molecule has 0 saturated carbocycles. The van der Waals surface area contributed by atoms with E-state index >= 15 is 0 Å². The zero-order valence-corrected chi connectivity index (χ0v) is 23.7. The Bertz CT molecular complexity index is 1750. The first kappa shape index (κ1) is 26.7. The summed E-state index contributed by atoms with van der Waals surface area (Å²) in [5.74, 6) is 0.162. The molecule has 2 aromatic heterocycles. The van der Waals surface area contributed by atoms with E-state index in [2.05, 4.69) is 20.5 Å². The van der Waals surface area contributed by atoms with Gasteiger partial charge in [-0.25, -0.2) is 9.78 Å². The van der Waals surface area contributed by atoms with Gasteiger partial charge in [0.2, 0.25) is 0 Å². The van der Waals surface area contributed by atoms with E-state index in [1.54, 1.807) is 59.9 Å². The third-order valence-corrected chi connectivity index (χ3v) is 7.59. The van der Waals surface area contributed by atoms with Gasteiger partial charge in [-0.15, -0.1) is 0 Å². The number of imidazole rings is 1. The minimum Gasteiger partial charge on any atom is -0.459 e. The molecule has 0 fully saturated rings. The van der Waals surface area contributed by atoms with Crippen molar-refractivity contribution in [2.75, 3.05) is 11.9 Å². The summed E-state index contributed by atoms with van der Waals surface area (Å²) in [6.07, 6.45) is 3.04. The Balaban J connectivity index is 1.53. The fourth-order valence-electron chi connectivity index (χ4n) is 5.42. The molecular weight excluding hydrogens is 542 g/mol. The van der Waals surface area contributed by atoms with E-state index in [4.69, 9.17) is 16.3 Å². The molecule has 0 aliphatic carbocycles. The fourth-order valence-corrected chi connectivity index (χ4v) is 5.61. The van der Waals surface area contributed by atoms with Crippen molar-refractivity contribution in [2.45, 2.75) is 31.6 Å². The zero-order valence-electron chi connectivity index (χ0n) is 22.9. The molecule has 208 valence electrons. The molecule has 1 aliphatic heterocycles. The van der Waals surface area contributed by atoms with Crippen LogP contribution in [0.2, 0.25) is 5.02 Å². The van der Waals surface area contributed by atoms with Crippen LogP contribution in [0.4, 0.5) is 11.6 Å². The van der Waals surface area contributed by atoms with E-state index < -0.39 is 17.6 Å². The van der Waals surface area contributed by atoms with Crippen LogP contribution in [0, 0.1) is 0 Å². The van der Waals surface area contributed by atoms with Crippen LogP contribution in [0.15, 0.2) is 79.3 Å². The Kier molecular flexibility index (Phi) is 6.59. The highest BCUT2D eigenvalue weighted by Gasteiger charge is 2.40. The standard InChI is InChI=1S/C30H28ClN7O3/c1-18(2)41-28(39)19-8-10-21(11-9-19)30(40,26-16-32-17-36(26)3)22-12-13-25-24(15-22)27(20-6-5-7-23(31)14-20)38-29(37(25)4)33-34-35-38/h5-18,27,40H,1-4H3. The van der Waals surface area contributed by atoms with Crippen molar-refractivity contribution in [1.29, 1.82) is 0 Å². The second kappa shape index (κ2) is 10.1. The summed E-state index contributed by atoms with van der Waals surface area (Å²) in [6.45, 7) is 3.60. The number of anilines is 2. The van der Waals surface area contributed by atoms with Gasteiger partial charge in [0.25, 0.3) is 5.95 Å². The molecule has 5 aromatic rings. The van der Waals surface area contributed by atoms with Crippen molar-refractivity contribution in [1.82, 2.24) is 29.8 Å². The number of esters is 1. The third kappa shape index (κ3) is 4.45. The lowest BCUT2D eigenvalue weighted by Gasteiger charge is -2.35. The Hall–Kier alpha value is -4.54. The SMILES string of the molecule is CC(C)OC(=O)c1ccc(C(O)(c2ccc3c(c2)C(c2cccc(Cl)c2)n2nnnc2N3C)c2cncn2C)cc1. The number of carbonyl (C=O) groups excluding carboxylic acids is 1. The third-order valence-electron chi connectivity index (χ3n) is 7.35. The Morgan fingerprint density at radius 1 is 1.05 bits per heavy atom. The van der Waals surface area contributed by atoms with E-state index in [1.165, 1.54) is 0 Å². The first-order chi connectivity index (χ1) is 19.7. The van der Waals surface area contributed by atoms with Gasteiger partial charge in [-0.05, 0) is 77.4 Å². The van der Waals surface area contributed by atoms with E-state index in [1.807, 2.05) is 61.5 Å². The molecule has 0 bridgehead atoms. The van der Waals surface area contributed by atoms with Crippen molar-refractivity contribution in [3.8, 4) is 0 Å². The van der Waals surface area contributed by atoms with Crippen LogP contribution < -0.4 is 4.90 Å². The molecule has 1 aliphatic rings. The van der Waals surface area contributed by atoms with Gasteiger partial charge in [-0.3, -0.25) is 0 Å². The molecule has 41 heavy (non-hydrogen) atoms. The number of aliphatic hydroxyl groups is 1.